The van der Waals surface area contributed by atoms with Crippen molar-refractivity contribution in [1.82, 2.24) is 9.71 Å². The summed E-state index contributed by atoms with van der Waals surface area (Å²) in [5.41, 5.74) is -0.931. The van der Waals surface area contributed by atoms with Gasteiger partial charge in [-0.25, -0.2) is 13.1 Å². The number of sulfonamides is 1. The molecule has 0 aliphatic rings. The number of ether oxygens (including phenoxy) is 1. The number of benzene rings is 1. The maximum absolute atomic E-state index is 12.5. The van der Waals surface area contributed by atoms with Crippen molar-refractivity contribution >= 4 is 27.5 Å². The summed E-state index contributed by atoms with van der Waals surface area (Å²) in [6, 6.07) is 9.81. The topological polar surface area (TPSA) is 85.4 Å². The molecule has 2 rings (SSSR count). The van der Waals surface area contributed by atoms with E-state index in [1.165, 1.54) is 26.3 Å². The van der Waals surface area contributed by atoms with Crippen LogP contribution in [0.5, 0.6) is 0 Å². The second-order valence-electron chi connectivity index (χ2n) is 4.88. The number of carbonyl (C=O) groups is 1. The van der Waals surface area contributed by atoms with Gasteiger partial charge in [0.25, 0.3) is 15.9 Å². The maximum atomic E-state index is 12.5. The number of nitrogens with zero attached hydrogens (tertiary/aromatic N) is 1. The molecular formula is C15H15ClN2O4S. The summed E-state index contributed by atoms with van der Waals surface area (Å²) in [4.78, 5) is 16.0. The molecule has 0 saturated carbocycles. The molecule has 0 aliphatic heterocycles. The minimum atomic E-state index is -4.11. The maximum Gasteiger partial charge on any atom is 0.270 e. The van der Waals surface area contributed by atoms with Crippen molar-refractivity contribution < 1.29 is 17.9 Å². The van der Waals surface area contributed by atoms with Crippen LogP contribution in [-0.4, -0.2) is 26.4 Å². The minimum Gasteiger partial charge on any atom is -0.364 e. The first-order valence-corrected chi connectivity index (χ1v) is 8.44. The first-order valence-electron chi connectivity index (χ1n) is 6.58. The molecule has 23 heavy (non-hydrogen) atoms. The number of pyridine rings is 1. The van der Waals surface area contributed by atoms with Crippen molar-refractivity contribution in [3.05, 3.63) is 59.4 Å². The van der Waals surface area contributed by atoms with Gasteiger partial charge in [-0.05, 0) is 18.6 Å². The molecule has 0 fully saturated rings. The summed E-state index contributed by atoms with van der Waals surface area (Å²) in [5.74, 6) is -0.814. The van der Waals surface area contributed by atoms with Crippen LogP contribution in [0.1, 0.15) is 12.5 Å². The van der Waals surface area contributed by atoms with Gasteiger partial charge in [0.05, 0.1) is 5.02 Å². The van der Waals surface area contributed by atoms with Crippen LogP contribution in [0.25, 0.3) is 0 Å². The summed E-state index contributed by atoms with van der Waals surface area (Å²) in [7, 11) is -2.78. The Hall–Kier alpha value is -1.96. The van der Waals surface area contributed by atoms with Crippen LogP contribution in [0.2, 0.25) is 5.02 Å². The summed E-state index contributed by atoms with van der Waals surface area (Å²) < 4.78 is 31.9. The monoisotopic (exact) mass is 354 g/mol. The highest BCUT2D eigenvalue weighted by atomic mass is 35.5. The molecule has 122 valence electrons. The van der Waals surface area contributed by atoms with E-state index in [1.807, 2.05) is 4.72 Å². The predicted octanol–water partition coefficient (Wildman–Crippen LogP) is 2.10. The normalized spacial score (nSPS) is 14.0. The summed E-state index contributed by atoms with van der Waals surface area (Å²) in [6.07, 6.45) is 2.40. The van der Waals surface area contributed by atoms with Gasteiger partial charge in [0.1, 0.15) is 4.90 Å². The molecule has 2 aromatic rings. The van der Waals surface area contributed by atoms with Crippen LogP contribution in [0.3, 0.4) is 0 Å². The summed E-state index contributed by atoms with van der Waals surface area (Å²) in [6.45, 7) is 1.49. The summed E-state index contributed by atoms with van der Waals surface area (Å²) in [5, 5.41) is 0.151. The second kappa shape index (κ2) is 6.66. The van der Waals surface area contributed by atoms with Gasteiger partial charge < -0.3 is 4.74 Å². The van der Waals surface area contributed by atoms with Crippen molar-refractivity contribution in [2.24, 2.45) is 0 Å². The Morgan fingerprint density at radius 2 is 1.91 bits per heavy atom. The van der Waals surface area contributed by atoms with Crippen molar-refractivity contribution in [2.75, 3.05) is 7.11 Å². The SMILES string of the molecule is COC(C)(C(=O)NS(=O)(=O)c1cncc(Cl)c1)c1ccccc1. The first-order chi connectivity index (χ1) is 10.8. The number of halogens is 1. The van der Waals surface area contributed by atoms with Crippen molar-refractivity contribution in [3.63, 3.8) is 0 Å². The van der Waals surface area contributed by atoms with Gasteiger partial charge in [0.15, 0.2) is 5.60 Å². The number of carbonyl (C=O) groups excluding carboxylic acids is 1. The number of methoxy groups -OCH3 is 1. The van der Waals surface area contributed by atoms with E-state index < -0.39 is 21.5 Å². The molecular weight excluding hydrogens is 340 g/mol. The molecule has 8 heteroatoms. The van der Waals surface area contributed by atoms with E-state index in [0.717, 1.165) is 6.20 Å². The van der Waals surface area contributed by atoms with Crippen molar-refractivity contribution in [2.45, 2.75) is 17.4 Å². The number of aromatic nitrogens is 1. The number of hydrogen-bond acceptors (Lipinski definition) is 5. The van der Waals surface area contributed by atoms with Crippen molar-refractivity contribution in [3.8, 4) is 0 Å². The van der Waals surface area contributed by atoms with Crippen LogP contribution in [0, 0.1) is 0 Å². The molecule has 0 aliphatic carbocycles. The molecule has 1 aromatic heterocycles. The van der Waals surface area contributed by atoms with Crippen LogP contribution >= 0.6 is 11.6 Å². The lowest BCUT2D eigenvalue weighted by atomic mass is 9.95. The third-order valence-corrected chi connectivity index (χ3v) is 4.89. The molecule has 1 N–H and O–H groups in total. The van der Waals surface area contributed by atoms with Crippen LogP contribution in [-0.2, 0) is 25.2 Å². The first kappa shape index (κ1) is 17.4. The Labute approximate surface area is 139 Å². The lowest BCUT2D eigenvalue weighted by molar-refractivity contribution is -0.140. The zero-order valence-electron chi connectivity index (χ0n) is 12.5. The predicted molar refractivity (Wildman–Crippen MR) is 85.4 cm³/mol. The molecule has 0 radical (unpaired) electrons. The fourth-order valence-electron chi connectivity index (χ4n) is 1.92. The Balaban J connectivity index is 2.33. The van der Waals surface area contributed by atoms with Gasteiger partial charge in [-0.1, -0.05) is 41.9 Å². The average Bonchev–Trinajstić information content (AvgIpc) is 2.54. The van der Waals surface area contributed by atoms with Gasteiger partial charge in [0.2, 0.25) is 0 Å². The lowest BCUT2D eigenvalue weighted by Gasteiger charge is -2.27. The Bertz CT molecular complexity index is 811. The quantitative estimate of drug-likeness (QED) is 0.888. The van der Waals surface area contributed by atoms with E-state index in [-0.39, 0.29) is 9.92 Å². The van der Waals surface area contributed by atoms with Gasteiger partial charge in [-0.3, -0.25) is 9.78 Å². The minimum absolute atomic E-state index is 0.151. The fraction of sp³-hybridized carbons (Fsp3) is 0.200. The molecule has 1 atom stereocenters. The molecule has 6 nitrogen and oxygen atoms in total. The molecule has 1 heterocycles. The largest absolute Gasteiger partial charge is 0.364 e. The number of hydrogen-bond donors (Lipinski definition) is 1. The van der Waals surface area contributed by atoms with Gasteiger partial charge in [0, 0.05) is 19.5 Å². The van der Waals surface area contributed by atoms with E-state index in [2.05, 4.69) is 4.98 Å². The molecule has 1 amide bonds. The number of nitrogens with one attached hydrogen (secondary N) is 1. The molecule has 0 saturated heterocycles. The van der Waals surface area contributed by atoms with E-state index in [1.54, 1.807) is 30.3 Å². The Kier molecular flexibility index (Phi) is 5.03. The Morgan fingerprint density at radius 1 is 1.26 bits per heavy atom. The van der Waals surface area contributed by atoms with E-state index >= 15 is 0 Å². The smallest absolute Gasteiger partial charge is 0.270 e. The third kappa shape index (κ3) is 3.69. The highest BCUT2D eigenvalue weighted by Crippen LogP contribution is 2.25. The van der Waals surface area contributed by atoms with Gasteiger partial charge >= 0.3 is 0 Å². The molecule has 1 aromatic carbocycles. The van der Waals surface area contributed by atoms with E-state index in [9.17, 15) is 13.2 Å². The highest BCUT2D eigenvalue weighted by molar-refractivity contribution is 7.90. The second-order valence-corrected chi connectivity index (χ2v) is 7.00. The Morgan fingerprint density at radius 3 is 2.48 bits per heavy atom. The standard InChI is InChI=1S/C15H15ClN2O4S/c1-15(22-2,11-6-4-3-5-7-11)14(19)18-23(20,21)13-8-12(16)9-17-10-13/h3-10H,1-2H3,(H,18,19). The van der Waals surface area contributed by atoms with Crippen LogP contribution < -0.4 is 4.72 Å². The molecule has 0 bridgehead atoms. The third-order valence-electron chi connectivity index (χ3n) is 3.38. The lowest BCUT2D eigenvalue weighted by Crippen LogP contribution is -2.46. The zero-order chi connectivity index (χ0) is 17.1. The molecule has 0 spiro atoms. The van der Waals surface area contributed by atoms with Gasteiger partial charge in [-0.2, -0.15) is 0 Å². The van der Waals surface area contributed by atoms with Gasteiger partial charge in [-0.15, -0.1) is 0 Å². The van der Waals surface area contributed by atoms with Crippen molar-refractivity contribution in [1.29, 1.82) is 0 Å². The summed E-state index contributed by atoms with van der Waals surface area (Å²) >= 11 is 5.74. The number of amides is 1. The van der Waals surface area contributed by atoms with E-state index in [0.29, 0.717) is 5.56 Å². The zero-order valence-corrected chi connectivity index (χ0v) is 14.1. The number of rotatable bonds is 5. The van der Waals surface area contributed by atoms with E-state index in [4.69, 9.17) is 16.3 Å². The highest BCUT2D eigenvalue weighted by Gasteiger charge is 2.37. The van der Waals surface area contributed by atoms with Crippen LogP contribution in [0.4, 0.5) is 0 Å². The average molecular weight is 355 g/mol. The molecule has 1 unspecified atom stereocenters. The fourth-order valence-corrected chi connectivity index (χ4v) is 3.19. The van der Waals surface area contributed by atoms with Crippen LogP contribution in [0.15, 0.2) is 53.7 Å².